The molecule has 0 fully saturated rings. The normalized spacial score (nSPS) is 10.7. The lowest BCUT2D eigenvalue weighted by Crippen LogP contribution is -2.04. The van der Waals surface area contributed by atoms with E-state index in [0.717, 1.165) is 26.6 Å². The highest BCUT2D eigenvalue weighted by Gasteiger charge is 2.08. The lowest BCUT2D eigenvalue weighted by atomic mass is 10.1. The van der Waals surface area contributed by atoms with Crippen molar-refractivity contribution in [2.24, 2.45) is 0 Å². The number of rotatable bonds is 5. The molecule has 0 radical (unpaired) electrons. The summed E-state index contributed by atoms with van der Waals surface area (Å²) in [4.78, 5) is 11.3. The average molecular weight is 375 g/mol. The van der Waals surface area contributed by atoms with Gasteiger partial charge < -0.3 is 13.9 Å². The molecule has 0 saturated heterocycles. The SMILES string of the molecule is COC(=O)Cc1cccc(OCc2coc3ccc(Br)cc23)c1. The number of esters is 1. The van der Waals surface area contributed by atoms with E-state index in [1.54, 1.807) is 6.26 Å². The maximum atomic E-state index is 11.3. The van der Waals surface area contributed by atoms with E-state index in [0.29, 0.717) is 12.4 Å². The Labute approximate surface area is 142 Å². The number of fused-ring (bicyclic) bond motifs is 1. The molecule has 0 saturated carbocycles. The number of halogens is 1. The van der Waals surface area contributed by atoms with Crippen LogP contribution in [-0.4, -0.2) is 13.1 Å². The van der Waals surface area contributed by atoms with Crippen LogP contribution in [0, 0.1) is 0 Å². The number of furan rings is 1. The third kappa shape index (κ3) is 3.74. The summed E-state index contributed by atoms with van der Waals surface area (Å²) in [6.07, 6.45) is 1.94. The second kappa shape index (κ2) is 6.87. The van der Waals surface area contributed by atoms with Gasteiger partial charge in [-0.2, -0.15) is 0 Å². The minimum atomic E-state index is -0.271. The fourth-order valence-electron chi connectivity index (χ4n) is 2.31. The molecule has 4 nitrogen and oxygen atoms in total. The molecule has 1 aromatic heterocycles. The van der Waals surface area contributed by atoms with Crippen molar-refractivity contribution in [3.8, 4) is 5.75 Å². The molecule has 0 aliphatic carbocycles. The van der Waals surface area contributed by atoms with Gasteiger partial charge in [-0.25, -0.2) is 0 Å². The van der Waals surface area contributed by atoms with E-state index in [-0.39, 0.29) is 12.4 Å². The Morgan fingerprint density at radius 2 is 2.09 bits per heavy atom. The highest BCUT2D eigenvalue weighted by molar-refractivity contribution is 9.10. The number of benzene rings is 2. The summed E-state index contributed by atoms with van der Waals surface area (Å²) in [5, 5.41) is 1.02. The van der Waals surface area contributed by atoms with Crippen LogP contribution in [0.15, 0.2) is 57.6 Å². The number of ether oxygens (including phenoxy) is 2. The molecular formula is C18H15BrO4. The number of carbonyl (C=O) groups is 1. The molecule has 0 unspecified atom stereocenters. The Balaban J connectivity index is 1.73. The highest BCUT2D eigenvalue weighted by atomic mass is 79.9. The van der Waals surface area contributed by atoms with E-state index in [2.05, 4.69) is 20.7 Å². The van der Waals surface area contributed by atoms with Crippen LogP contribution < -0.4 is 4.74 Å². The van der Waals surface area contributed by atoms with Crippen molar-refractivity contribution in [1.29, 1.82) is 0 Å². The van der Waals surface area contributed by atoms with Crippen molar-refractivity contribution in [2.75, 3.05) is 7.11 Å². The summed E-state index contributed by atoms with van der Waals surface area (Å²) in [5.41, 5.74) is 2.65. The summed E-state index contributed by atoms with van der Waals surface area (Å²) in [6.45, 7) is 0.394. The average Bonchev–Trinajstić information content (AvgIpc) is 2.95. The molecule has 23 heavy (non-hydrogen) atoms. The Morgan fingerprint density at radius 3 is 2.91 bits per heavy atom. The molecule has 1 heterocycles. The molecule has 0 spiro atoms. The van der Waals surface area contributed by atoms with Gasteiger partial charge in [0.1, 0.15) is 17.9 Å². The van der Waals surface area contributed by atoms with E-state index < -0.39 is 0 Å². The lowest BCUT2D eigenvalue weighted by molar-refractivity contribution is -0.139. The van der Waals surface area contributed by atoms with Crippen LogP contribution in [-0.2, 0) is 22.6 Å². The van der Waals surface area contributed by atoms with Crippen LogP contribution in [0.5, 0.6) is 5.75 Å². The van der Waals surface area contributed by atoms with Gasteiger partial charge in [-0.3, -0.25) is 4.79 Å². The fraction of sp³-hybridized carbons (Fsp3) is 0.167. The third-order valence-electron chi connectivity index (χ3n) is 3.48. The quantitative estimate of drug-likeness (QED) is 0.617. The van der Waals surface area contributed by atoms with Crippen LogP contribution in [0.2, 0.25) is 0 Å². The van der Waals surface area contributed by atoms with Gasteiger partial charge in [0.05, 0.1) is 19.8 Å². The minimum absolute atomic E-state index is 0.231. The molecule has 118 valence electrons. The van der Waals surface area contributed by atoms with E-state index in [1.807, 2.05) is 42.5 Å². The fourth-order valence-corrected chi connectivity index (χ4v) is 2.67. The van der Waals surface area contributed by atoms with E-state index in [4.69, 9.17) is 9.15 Å². The van der Waals surface area contributed by atoms with Crippen LogP contribution >= 0.6 is 15.9 Å². The number of carbonyl (C=O) groups excluding carboxylic acids is 1. The number of hydrogen-bond donors (Lipinski definition) is 0. The first kappa shape index (κ1) is 15.6. The van der Waals surface area contributed by atoms with Crippen molar-refractivity contribution in [1.82, 2.24) is 0 Å². The Bertz CT molecular complexity index is 838. The van der Waals surface area contributed by atoms with Crippen LogP contribution in [0.3, 0.4) is 0 Å². The monoisotopic (exact) mass is 374 g/mol. The van der Waals surface area contributed by atoms with Gasteiger partial charge in [0, 0.05) is 15.4 Å². The third-order valence-corrected chi connectivity index (χ3v) is 3.98. The molecule has 2 aromatic carbocycles. The van der Waals surface area contributed by atoms with Gasteiger partial charge in [-0.1, -0.05) is 28.1 Å². The standard InChI is InChI=1S/C18H15BrO4/c1-21-18(20)8-12-3-2-4-15(7-12)22-10-13-11-23-17-6-5-14(19)9-16(13)17/h2-7,9,11H,8,10H2,1H3. The Morgan fingerprint density at radius 1 is 1.22 bits per heavy atom. The maximum Gasteiger partial charge on any atom is 0.309 e. The minimum Gasteiger partial charge on any atom is -0.489 e. The zero-order chi connectivity index (χ0) is 16.2. The first-order valence-electron chi connectivity index (χ1n) is 7.10. The molecule has 5 heteroatoms. The van der Waals surface area contributed by atoms with Crippen LogP contribution in [0.1, 0.15) is 11.1 Å². The molecule has 3 rings (SSSR count). The molecule has 0 atom stereocenters. The topological polar surface area (TPSA) is 48.7 Å². The summed E-state index contributed by atoms with van der Waals surface area (Å²) >= 11 is 3.46. The van der Waals surface area contributed by atoms with Gasteiger partial charge in [0.15, 0.2) is 0 Å². The number of methoxy groups -OCH3 is 1. The molecule has 0 aliphatic heterocycles. The van der Waals surface area contributed by atoms with Gasteiger partial charge >= 0.3 is 5.97 Å². The van der Waals surface area contributed by atoms with Crippen molar-refractivity contribution in [3.63, 3.8) is 0 Å². The molecule has 0 amide bonds. The molecule has 0 N–H and O–H groups in total. The molecule has 3 aromatic rings. The van der Waals surface area contributed by atoms with Gasteiger partial charge in [0.2, 0.25) is 0 Å². The Hall–Kier alpha value is -2.27. The first-order valence-corrected chi connectivity index (χ1v) is 7.89. The van der Waals surface area contributed by atoms with Crippen molar-refractivity contribution in [3.05, 3.63) is 64.3 Å². The van der Waals surface area contributed by atoms with Gasteiger partial charge in [0.25, 0.3) is 0 Å². The van der Waals surface area contributed by atoms with Crippen molar-refractivity contribution in [2.45, 2.75) is 13.0 Å². The smallest absolute Gasteiger partial charge is 0.309 e. The summed E-state index contributed by atoms with van der Waals surface area (Å²) in [6, 6.07) is 13.3. The van der Waals surface area contributed by atoms with Crippen LogP contribution in [0.4, 0.5) is 0 Å². The largest absolute Gasteiger partial charge is 0.489 e. The molecule has 0 bridgehead atoms. The van der Waals surface area contributed by atoms with E-state index in [9.17, 15) is 4.79 Å². The number of hydrogen-bond acceptors (Lipinski definition) is 4. The van der Waals surface area contributed by atoms with Crippen molar-refractivity contribution < 1.29 is 18.7 Å². The zero-order valence-electron chi connectivity index (χ0n) is 12.5. The summed E-state index contributed by atoms with van der Waals surface area (Å²) in [7, 11) is 1.38. The molecule has 0 aliphatic rings. The van der Waals surface area contributed by atoms with Gasteiger partial charge in [-0.15, -0.1) is 0 Å². The zero-order valence-corrected chi connectivity index (χ0v) is 14.1. The predicted molar refractivity (Wildman–Crippen MR) is 90.4 cm³/mol. The van der Waals surface area contributed by atoms with E-state index >= 15 is 0 Å². The van der Waals surface area contributed by atoms with Crippen LogP contribution in [0.25, 0.3) is 11.0 Å². The van der Waals surface area contributed by atoms with E-state index in [1.165, 1.54) is 7.11 Å². The first-order chi connectivity index (χ1) is 11.2. The summed E-state index contributed by atoms with van der Waals surface area (Å²) < 4.78 is 17.0. The van der Waals surface area contributed by atoms with Gasteiger partial charge in [-0.05, 0) is 35.9 Å². The molecular weight excluding hydrogens is 360 g/mol. The predicted octanol–water partition coefficient (Wildman–Crippen LogP) is 4.49. The lowest BCUT2D eigenvalue weighted by Gasteiger charge is -2.07. The van der Waals surface area contributed by atoms with Crippen molar-refractivity contribution >= 4 is 32.9 Å². The highest BCUT2D eigenvalue weighted by Crippen LogP contribution is 2.26. The summed E-state index contributed by atoms with van der Waals surface area (Å²) in [5.74, 6) is 0.434. The maximum absolute atomic E-state index is 11.3. The Kier molecular flexibility index (Phi) is 4.67. The second-order valence-electron chi connectivity index (χ2n) is 5.09. The second-order valence-corrected chi connectivity index (χ2v) is 6.01.